The van der Waals surface area contributed by atoms with Gasteiger partial charge in [0.1, 0.15) is 5.69 Å². The van der Waals surface area contributed by atoms with E-state index >= 15 is 0 Å². The van der Waals surface area contributed by atoms with Gasteiger partial charge in [0, 0.05) is 12.7 Å². The van der Waals surface area contributed by atoms with E-state index in [1.54, 1.807) is 67.1 Å². The number of furan rings is 1. The van der Waals surface area contributed by atoms with Gasteiger partial charge in [-0.1, -0.05) is 18.2 Å². The highest BCUT2D eigenvalue weighted by Crippen LogP contribution is 2.18. The molecular formula is C16H14N2O3S. The Balaban J connectivity index is 1.76. The van der Waals surface area contributed by atoms with Gasteiger partial charge in [-0.3, -0.25) is 4.98 Å². The van der Waals surface area contributed by atoms with Crippen molar-refractivity contribution >= 4 is 10.0 Å². The van der Waals surface area contributed by atoms with E-state index in [-0.39, 0.29) is 11.4 Å². The summed E-state index contributed by atoms with van der Waals surface area (Å²) in [5.41, 5.74) is 1.47. The van der Waals surface area contributed by atoms with E-state index in [4.69, 9.17) is 4.42 Å². The fraction of sp³-hybridized carbons (Fsp3) is 0.0625. The van der Waals surface area contributed by atoms with Crippen LogP contribution in [0.4, 0.5) is 0 Å². The molecule has 0 aliphatic rings. The molecule has 0 saturated heterocycles. The first kappa shape index (κ1) is 14.5. The van der Waals surface area contributed by atoms with Crippen LogP contribution in [0.25, 0.3) is 11.5 Å². The quantitative estimate of drug-likeness (QED) is 0.786. The van der Waals surface area contributed by atoms with E-state index in [0.717, 1.165) is 5.56 Å². The van der Waals surface area contributed by atoms with Crippen molar-refractivity contribution in [1.29, 1.82) is 0 Å². The lowest BCUT2D eigenvalue weighted by atomic mass is 10.2. The molecule has 6 heteroatoms. The maximum absolute atomic E-state index is 12.2. The molecule has 1 aromatic carbocycles. The summed E-state index contributed by atoms with van der Waals surface area (Å²) < 4.78 is 32.2. The van der Waals surface area contributed by atoms with Crippen molar-refractivity contribution in [2.24, 2.45) is 0 Å². The van der Waals surface area contributed by atoms with Crippen LogP contribution in [-0.4, -0.2) is 13.4 Å². The predicted molar refractivity (Wildman–Crippen MR) is 82.4 cm³/mol. The monoisotopic (exact) mass is 314 g/mol. The molecule has 3 rings (SSSR count). The lowest BCUT2D eigenvalue weighted by Gasteiger charge is -2.07. The van der Waals surface area contributed by atoms with Crippen LogP contribution >= 0.6 is 0 Å². The highest BCUT2D eigenvalue weighted by atomic mass is 32.2. The van der Waals surface area contributed by atoms with Crippen LogP contribution in [0.1, 0.15) is 5.56 Å². The molecule has 0 unspecified atom stereocenters. The number of hydrogen-bond donors (Lipinski definition) is 1. The Bertz CT molecular complexity index is 844. The Morgan fingerprint density at radius 2 is 1.86 bits per heavy atom. The number of aromatic nitrogens is 1. The highest BCUT2D eigenvalue weighted by molar-refractivity contribution is 7.89. The molecule has 5 nitrogen and oxygen atoms in total. The molecule has 0 saturated carbocycles. The van der Waals surface area contributed by atoms with Crippen LogP contribution in [0, 0.1) is 0 Å². The highest BCUT2D eigenvalue weighted by Gasteiger charge is 2.13. The Labute approximate surface area is 128 Å². The molecule has 2 heterocycles. The minimum absolute atomic E-state index is 0.188. The molecular weight excluding hydrogens is 300 g/mol. The number of nitrogens with zero attached hydrogens (tertiary/aromatic N) is 1. The summed E-state index contributed by atoms with van der Waals surface area (Å²) in [4.78, 5) is 4.46. The molecule has 0 bridgehead atoms. The van der Waals surface area contributed by atoms with Crippen molar-refractivity contribution in [2.75, 3.05) is 0 Å². The van der Waals surface area contributed by atoms with Gasteiger partial charge in [0.15, 0.2) is 5.76 Å². The average molecular weight is 314 g/mol. The van der Waals surface area contributed by atoms with Crippen molar-refractivity contribution < 1.29 is 12.8 Å². The SMILES string of the molecule is O=S(=O)(NCc1ccnc(-c2ccco2)c1)c1ccccc1. The first-order chi connectivity index (χ1) is 10.6. The predicted octanol–water partition coefficient (Wildman–Crippen LogP) is 2.82. The van der Waals surface area contributed by atoms with Crippen LogP contribution in [-0.2, 0) is 16.6 Å². The second kappa shape index (κ2) is 6.13. The van der Waals surface area contributed by atoms with Crippen LogP contribution in [0.15, 0.2) is 76.4 Å². The van der Waals surface area contributed by atoms with Gasteiger partial charge < -0.3 is 4.42 Å². The second-order valence-corrected chi connectivity index (χ2v) is 6.43. The largest absolute Gasteiger partial charge is 0.463 e. The van der Waals surface area contributed by atoms with E-state index in [2.05, 4.69) is 9.71 Å². The first-order valence-electron chi connectivity index (χ1n) is 6.69. The maximum Gasteiger partial charge on any atom is 0.240 e. The Kier molecular flexibility index (Phi) is 4.04. The number of benzene rings is 1. The zero-order valence-corrected chi connectivity index (χ0v) is 12.5. The summed E-state index contributed by atoms with van der Waals surface area (Å²) in [7, 11) is -3.52. The molecule has 22 heavy (non-hydrogen) atoms. The van der Waals surface area contributed by atoms with Crippen LogP contribution in [0.2, 0.25) is 0 Å². The third-order valence-corrected chi connectivity index (χ3v) is 4.53. The number of nitrogens with one attached hydrogen (secondary N) is 1. The zero-order valence-electron chi connectivity index (χ0n) is 11.6. The van der Waals surface area contributed by atoms with E-state index in [1.807, 2.05) is 0 Å². The summed E-state index contributed by atoms with van der Waals surface area (Å²) in [5.74, 6) is 0.646. The molecule has 0 amide bonds. The molecule has 0 radical (unpaired) electrons. The van der Waals surface area contributed by atoms with E-state index in [9.17, 15) is 8.42 Å². The molecule has 112 valence electrons. The molecule has 3 aromatic rings. The minimum atomic E-state index is -3.52. The molecule has 0 aliphatic heterocycles. The van der Waals surface area contributed by atoms with Gasteiger partial charge in [0.05, 0.1) is 11.2 Å². The number of pyridine rings is 1. The van der Waals surface area contributed by atoms with E-state index in [0.29, 0.717) is 11.5 Å². The first-order valence-corrected chi connectivity index (χ1v) is 8.17. The fourth-order valence-electron chi connectivity index (χ4n) is 2.00. The van der Waals surface area contributed by atoms with Crippen molar-refractivity contribution in [3.8, 4) is 11.5 Å². The van der Waals surface area contributed by atoms with Crippen LogP contribution in [0.5, 0.6) is 0 Å². The fourth-order valence-corrected chi connectivity index (χ4v) is 3.04. The van der Waals surface area contributed by atoms with Crippen molar-refractivity contribution in [3.05, 3.63) is 72.6 Å². The molecule has 0 spiro atoms. The average Bonchev–Trinajstić information content (AvgIpc) is 3.09. The standard InChI is InChI=1S/C16H14N2O3S/c19-22(20,14-5-2-1-3-6-14)18-12-13-8-9-17-15(11-13)16-7-4-10-21-16/h1-11,18H,12H2. The van der Waals surface area contributed by atoms with Gasteiger partial charge in [-0.2, -0.15) is 0 Å². The Morgan fingerprint density at radius 1 is 1.05 bits per heavy atom. The lowest BCUT2D eigenvalue weighted by Crippen LogP contribution is -2.23. The molecule has 2 aromatic heterocycles. The van der Waals surface area contributed by atoms with Crippen LogP contribution < -0.4 is 4.72 Å². The Morgan fingerprint density at radius 3 is 2.59 bits per heavy atom. The topological polar surface area (TPSA) is 72.2 Å². The molecule has 0 atom stereocenters. The summed E-state index contributed by atoms with van der Waals surface area (Å²) in [5, 5.41) is 0. The summed E-state index contributed by atoms with van der Waals surface area (Å²) in [6.45, 7) is 0.188. The maximum atomic E-state index is 12.2. The normalized spacial score (nSPS) is 11.5. The van der Waals surface area contributed by atoms with Gasteiger partial charge in [-0.05, 0) is 42.0 Å². The van der Waals surface area contributed by atoms with E-state index < -0.39 is 10.0 Å². The number of sulfonamides is 1. The van der Waals surface area contributed by atoms with Crippen molar-refractivity contribution in [3.63, 3.8) is 0 Å². The van der Waals surface area contributed by atoms with Gasteiger partial charge in [-0.25, -0.2) is 13.1 Å². The van der Waals surface area contributed by atoms with Gasteiger partial charge in [0.25, 0.3) is 0 Å². The Hall–Kier alpha value is -2.44. The summed E-state index contributed by atoms with van der Waals surface area (Å²) >= 11 is 0. The lowest BCUT2D eigenvalue weighted by molar-refractivity contribution is 0.579. The molecule has 0 aliphatic carbocycles. The third-order valence-electron chi connectivity index (χ3n) is 3.12. The molecule has 1 N–H and O–H groups in total. The van der Waals surface area contributed by atoms with Gasteiger partial charge in [0.2, 0.25) is 10.0 Å². The number of hydrogen-bond acceptors (Lipinski definition) is 4. The van der Waals surface area contributed by atoms with E-state index in [1.165, 1.54) is 0 Å². The van der Waals surface area contributed by atoms with Crippen molar-refractivity contribution in [2.45, 2.75) is 11.4 Å². The van der Waals surface area contributed by atoms with Crippen molar-refractivity contribution in [1.82, 2.24) is 9.71 Å². The zero-order chi connectivity index (χ0) is 15.4. The summed E-state index contributed by atoms with van der Waals surface area (Å²) in [6.07, 6.45) is 3.20. The third kappa shape index (κ3) is 3.24. The second-order valence-electron chi connectivity index (χ2n) is 4.66. The van der Waals surface area contributed by atoms with Crippen LogP contribution in [0.3, 0.4) is 0 Å². The minimum Gasteiger partial charge on any atom is -0.463 e. The number of rotatable bonds is 5. The van der Waals surface area contributed by atoms with Gasteiger partial charge >= 0.3 is 0 Å². The van der Waals surface area contributed by atoms with Gasteiger partial charge in [-0.15, -0.1) is 0 Å². The molecule has 0 fully saturated rings. The summed E-state index contributed by atoms with van der Waals surface area (Å²) in [6, 6.07) is 15.4. The smallest absolute Gasteiger partial charge is 0.240 e.